The molecule has 6 heteroatoms. The van der Waals surface area contributed by atoms with Crippen LogP contribution in [0.1, 0.15) is 10.4 Å². The summed E-state index contributed by atoms with van der Waals surface area (Å²) in [5, 5.41) is 0. The minimum Gasteiger partial charge on any atom is -0.383 e. The molecule has 0 atom stereocenters. The van der Waals surface area contributed by atoms with Crippen molar-refractivity contribution in [3.05, 3.63) is 35.9 Å². The number of nitrogens with zero attached hydrogens (tertiary/aromatic N) is 2. The fourth-order valence-electron chi connectivity index (χ4n) is 1.54. The van der Waals surface area contributed by atoms with Crippen molar-refractivity contribution in [2.75, 3.05) is 11.5 Å². The van der Waals surface area contributed by atoms with Gasteiger partial charge < -0.3 is 17.2 Å². The number of benzene rings is 1. The molecule has 1 amide bonds. The Morgan fingerprint density at radius 1 is 1.06 bits per heavy atom. The van der Waals surface area contributed by atoms with Crippen LogP contribution in [0, 0.1) is 0 Å². The molecule has 86 valence electrons. The lowest BCUT2D eigenvalue weighted by Gasteiger charge is -2.08. The lowest BCUT2D eigenvalue weighted by atomic mass is 10.1. The minimum absolute atomic E-state index is 0.00588. The zero-order valence-electron chi connectivity index (χ0n) is 8.92. The van der Waals surface area contributed by atoms with Crippen LogP contribution >= 0.6 is 0 Å². The number of hydrogen-bond acceptors (Lipinski definition) is 5. The van der Waals surface area contributed by atoms with Crippen molar-refractivity contribution in [3.63, 3.8) is 0 Å². The number of carbonyl (C=O) groups is 1. The van der Waals surface area contributed by atoms with Gasteiger partial charge in [-0.2, -0.15) is 4.98 Å². The molecular formula is C11H11N5O. The Bertz CT molecular complexity index is 568. The molecule has 17 heavy (non-hydrogen) atoms. The molecule has 0 bridgehead atoms. The summed E-state index contributed by atoms with van der Waals surface area (Å²) < 4.78 is 0. The van der Waals surface area contributed by atoms with Gasteiger partial charge in [-0.05, 0) is 0 Å². The number of nitrogens with two attached hydrogens (primary N) is 3. The summed E-state index contributed by atoms with van der Waals surface area (Å²) in [6.45, 7) is 0. The van der Waals surface area contributed by atoms with Crippen molar-refractivity contribution in [3.8, 4) is 11.3 Å². The summed E-state index contributed by atoms with van der Waals surface area (Å²) in [6, 6.07) is 9.05. The second-order valence-electron chi connectivity index (χ2n) is 3.42. The van der Waals surface area contributed by atoms with Gasteiger partial charge in [0, 0.05) is 5.56 Å². The van der Waals surface area contributed by atoms with Gasteiger partial charge in [0.2, 0.25) is 5.95 Å². The first-order valence-corrected chi connectivity index (χ1v) is 4.88. The fraction of sp³-hybridized carbons (Fsp3) is 0. The van der Waals surface area contributed by atoms with Crippen LogP contribution in [0.25, 0.3) is 11.3 Å². The van der Waals surface area contributed by atoms with Crippen LogP contribution < -0.4 is 17.2 Å². The Labute approximate surface area is 97.5 Å². The van der Waals surface area contributed by atoms with Crippen LogP contribution in [-0.4, -0.2) is 15.9 Å². The minimum atomic E-state index is -0.679. The van der Waals surface area contributed by atoms with Crippen molar-refractivity contribution < 1.29 is 4.79 Å². The average molecular weight is 229 g/mol. The third-order valence-electron chi connectivity index (χ3n) is 2.25. The first-order chi connectivity index (χ1) is 8.09. The van der Waals surface area contributed by atoms with E-state index in [9.17, 15) is 4.79 Å². The maximum atomic E-state index is 11.3. The predicted molar refractivity (Wildman–Crippen MR) is 64.8 cm³/mol. The van der Waals surface area contributed by atoms with Crippen LogP contribution in [0.4, 0.5) is 11.8 Å². The Morgan fingerprint density at radius 3 is 2.29 bits per heavy atom. The van der Waals surface area contributed by atoms with E-state index < -0.39 is 5.91 Å². The molecule has 0 aliphatic carbocycles. The van der Waals surface area contributed by atoms with Crippen molar-refractivity contribution in [1.29, 1.82) is 0 Å². The normalized spacial score (nSPS) is 10.1. The van der Waals surface area contributed by atoms with Gasteiger partial charge in [-0.3, -0.25) is 4.79 Å². The molecule has 6 nitrogen and oxygen atoms in total. The predicted octanol–water partition coefficient (Wildman–Crippen LogP) is 0.407. The summed E-state index contributed by atoms with van der Waals surface area (Å²) in [6.07, 6.45) is 0. The summed E-state index contributed by atoms with van der Waals surface area (Å²) in [5.41, 5.74) is 17.6. The van der Waals surface area contributed by atoms with Crippen molar-refractivity contribution >= 4 is 17.7 Å². The van der Waals surface area contributed by atoms with Crippen LogP contribution in [0.5, 0.6) is 0 Å². The van der Waals surface area contributed by atoms with Crippen molar-refractivity contribution in [1.82, 2.24) is 9.97 Å². The summed E-state index contributed by atoms with van der Waals surface area (Å²) in [7, 11) is 0. The lowest BCUT2D eigenvalue weighted by molar-refractivity contribution is 0.100. The van der Waals surface area contributed by atoms with E-state index in [1.165, 1.54) is 0 Å². The van der Waals surface area contributed by atoms with Gasteiger partial charge in [0.1, 0.15) is 11.4 Å². The Morgan fingerprint density at radius 2 is 1.71 bits per heavy atom. The third kappa shape index (κ3) is 2.00. The number of amides is 1. The highest BCUT2D eigenvalue weighted by Gasteiger charge is 2.17. The number of hydrogen-bond donors (Lipinski definition) is 3. The van der Waals surface area contributed by atoms with Crippen molar-refractivity contribution in [2.45, 2.75) is 0 Å². The zero-order chi connectivity index (χ0) is 12.4. The summed E-state index contributed by atoms with van der Waals surface area (Å²) >= 11 is 0. The molecule has 0 saturated heterocycles. The highest BCUT2D eigenvalue weighted by molar-refractivity contribution is 6.03. The van der Waals surface area contributed by atoms with E-state index in [1.54, 1.807) is 12.1 Å². The van der Waals surface area contributed by atoms with Gasteiger partial charge in [0.25, 0.3) is 5.91 Å². The van der Waals surface area contributed by atoms with Gasteiger partial charge in [-0.1, -0.05) is 30.3 Å². The number of nitrogen functional groups attached to an aromatic ring is 2. The molecule has 0 unspecified atom stereocenters. The van der Waals surface area contributed by atoms with E-state index in [0.717, 1.165) is 0 Å². The standard InChI is InChI=1S/C11H11N5O/c12-9-7(10(13)17)8(15-11(14)16-9)6-4-2-1-3-5-6/h1-5H,(H2,13,17)(H4,12,14,15,16). The quantitative estimate of drug-likeness (QED) is 0.688. The van der Waals surface area contributed by atoms with E-state index in [-0.39, 0.29) is 17.3 Å². The molecule has 2 aromatic rings. The average Bonchev–Trinajstić information content (AvgIpc) is 2.28. The van der Waals surface area contributed by atoms with Crippen LogP contribution in [0.15, 0.2) is 30.3 Å². The molecule has 0 aliphatic rings. The van der Waals surface area contributed by atoms with Crippen LogP contribution in [0.2, 0.25) is 0 Å². The summed E-state index contributed by atoms with van der Waals surface area (Å²) in [4.78, 5) is 19.1. The highest BCUT2D eigenvalue weighted by Crippen LogP contribution is 2.24. The monoisotopic (exact) mass is 229 g/mol. The smallest absolute Gasteiger partial charge is 0.254 e. The van der Waals surface area contributed by atoms with E-state index in [2.05, 4.69) is 9.97 Å². The first-order valence-electron chi connectivity index (χ1n) is 4.88. The molecule has 6 N–H and O–H groups in total. The second kappa shape index (κ2) is 4.09. The van der Waals surface area contributed by atoms with E-state index in [4.69, 9.17) is 17.2 Å². The SMILES string of the molecule is NC(=O)c1c(N)nc(N)nc1-c1ccccc1. The fourth-order valence-corrected chi connectivity index (χ4v) is 1.54. The molecule has 1 aromatic heterocycles. The Balaban J connectivity index is 2.72. The van der Waals surface area contributed by atoms with Crippen LogP contribution in [0.3, 0.4) is 0 Å². The third-order valence-corrected chi connectivity index (χ3v) is 2.25. The van der Waals surface area contributed by atoms with Gasteiger partial charge in [-0.25, -0.2) is 4.98 Å². The molecule has 2 rings (SSSR count). The molecular weight excluding hydrogens is 218 g/mol. The molecule has 0 fully saturated rings. The Hall–Kier alpha value is -2.63. The largest absolute Gasteiger partial charge is 0.383 e. The maximum absolute atomic E-state index is 11.3. The van der Waals surface area contributed by atoms with Gasteiger partial charge in [-0.15, -0.1) is 0 Å². The topological polar surface area (TPSA) is 121 Å². The molecule has 0 radical (unpaired) electrons. The maximum Gasteiger partial charge on any atom is 0.254 e. The number of primary amides is 1. The molecule has 0 saturated carbocycles. The van der Waals surface area contributed by atoms with Gasteiger partial charge >= 0.3 is 0 Å². The zero-order valence-corrected chi connectivity index (χ0v) is 8.92. The van der Waals surface area contributed by atoms with Crippen molar-refractivity contribution in [2.24, 2.45) is 5.73 Å². The number of rotatable bonds is 2. The molecule has 1 heterocycles. The first kappa shape index (κ1) is 10.9. The van der Waals surface area contributed by atoms with E-state index >= 15 is 0 Å². The highest BCUT2D eigenvalue weighted by atomic mass is 16.1. The van der Waals surface area contributed by atoms with Gasteiger partial charge in [0.05, 0.1) is 5.69 Å². The number of aromatic nitrogens is 2. The van der Waals surface area contributed by atoms with E-state index in [0.29, 0.717) is 11.3 Å². The Kier molecular flexibility index (Phi) is 2.61. The van der Waals surface area contributed by atoms with E-state index in [1.807, 2.05) is 18.2 Å². The summed E-state index contributed by atoms with van der Waals surface area (Å²) in [5.74, 6) is -0.684. The molecule has 1 aromatic carbocycles. The van der Waals surface area contributed by atoms with Gasteiger partial charge in [0.15, 0.2) is 0 Å². The second-order valence-corrected chi connectivity index (χ2v) is 3.42. The molecule has 0 spiro atoms. The molecule has 0 aliphatic heterocycles. The van der Waals surface area contributed by atoms with Crippen LogP contribution in [-0.2, 0) is 0 Å². The number of anilines is 2. The number of carbonyl (C=O) groups excluding carboxylic acids is 1. The lowest BCUT2D eigenvalue weighted by Crippen LogP contribution is -2.18.